The van der Waals surface area contributed by atoms with Crippen LogP contribution < -0.4 is 5.56 Å². The molecule has 1 aromatic carbocycles. The Hall–Kier alpha value is -2.10. The van der Waals surface area contributed by atoms with E-state index in [-0.39, 0.29) is 17.4 Å². The summed E-state index contributed by atoms with van der Waals surface area (Å²) < 4.78 is 0. The number of aryl methyl sites for hydroxylation is 1. The molecule has 0 radical (unpaired) electrons. The molecule has 1 aromatic heterocycles. The highest BCUT2D eigenvalue weighted by atomic mass is 16.3. The van der Waals surface area contributed by atoms with Crippen LogP contribution in [0.5, 0.6) is 5.88 Å². The second kappa shape index (κ2) is 4.64. The normalized spacial score (nSPS) is 10.9. The smallest absolute Gasteiger partial charge is 0.258 e. The Kier molecular flexibility index (Phi) is 3.19. The van der Waals surface area contributed by atoms with Gasteiger partial charge >= 0.3 is 0 Å². The summed E-state index contributed by atoms with van der Waals surface area (Å²) in [7, 11) is 0. The van der Waals surface area contributed by atoms with Crippen molar-refractivity contribution < 1.29 is 5.11 Å². The van der Waals surface area contributed by atoms with E-state index >= 15 is 0 Å². The van der Waals surface area contributed by atoms with E-state index in [1.807, 2.05) is 45.0 Å². The summed E-state index contributed by atoms with van der Waals surface area (Å²) >= 11 is 0. The van der Waals surface area contributed by atoms with Crippen LogP contribution in [0.25, 0.3) is 11.4 Å². The first-order valence-corrected chi connectivity index (χ1v) is 5.89. The van der Waals surface area contributed by atoms with Crippen LogP contribution in [0.2, 0.25) is 0 Å². The molecule has 0 bridgehead atoms. The van der Waals surface area contributed by atoms with Gasteiger partial charge in [-0.1, -0.05) is 37.6 Å². The van der Waals surface area contributed by atoms with Crippen molar-refractivity contribution in [3.8, 4) is 17.3 Å². The molecule has 0 unspecified atom stereocenters. The SMILES string of the molecule is Cc1cccc(-c2nc(O)c(C(C)C)c(=O)[nH]2)c1. The highest BCUT2D eigenvalue weighted by Gasteiger charge is 2.14. The Morgan fingerprint density at radius 3 is 2.61 bits per heavy atom. The zero-order valence-electron chi connectivity index (χ0n) is 10.7. The van der Waals surface area contributed by atoms with Gasteiger partial charge < -0.3 is 10.1 Å². The average molecular weight is 244 g/mol. The van der Waals surface area contributed by atoms with Crippen molar-refractivity contribution in [3.05, 3.63) is 45.7 Å². The molecule has 94 valence electrons. The number of hydrogen-bond donors (Lipinski definition) is 2. The van der Waals surface area contributed by atoms with Crippen LogP contribution in [0, 0.1) is 6.92 Å². The molecular weight excluding hydrogens is 228 g/mol. The number of benzene rings is 1. The monoisotopic (exact) mass is 244 g/mol. The van der Waals surface area contributed by atoms with Gasteiger partial charge in [-0.3, -0.25) is 4.79 Å². The minimum atomic E-state index is -0.283. The third-order valence-electron chi connectivity index (χ3n) is 2.80. The van der Waals surface area contributed by atoms with E-state index < -0.39 is 0 Å². The van der Waals surface area contributed by atoms with E-state index in [1.165, 1.54) is 0 Å². The average Bonchev–Trinajstić information content (AvgIpc) is 2.27. The van der Waals surface area contributed by atoms with Crippen molar-refractivity contribution in [1.82, 2.24) is 9.97 Å². The van der Waals surface area contributed by atoms with Gasteiger partial charge in [-0.15, -0.1) is 0 Å². The van der Waals surface area contributed by atoms with Gasteiger partial charge in [0.2, 0.25) is 5.88 Å². The van der Waals surface area contributed by atoms with E-state index in [9.17, 15) is 9.90 Å². The number of hydrogen-bond acceptors (Lipinski definition) is 3. The number of aromatic nitrogens is 2. The van der Waals surface area contributed by atoms with Crippen molar-refractivity contribution in [3.63, 3.8) is 0 Å². The summed E-state index contributed by atoms with van der Waals surface area (Å²) in [6.45, 7) is 5.65. The standard InChI is InChI=1S/C14H16N2O2/c1-8(2)11-13(17)15-12(16-14(11)18)10-6-4-5-9(3)7-10/h4-8H,1-3H3,(H2,15,16,17,18). The Morgan fingerprint density at radius 1 is 1.33 bits per heavy atom. The van der Waals surface area contributed by atoms with E-state index in [4.69, 9.17) is 0 Å². The Morgan fingerprint density at radius 2 is 2.06 bits per heavy atom. The van der Waals surface area contributed by atoms with Gasteiger partial charge in [-0.25, -0.2) is 0 Å². The number of aromatic amines is 1. The van der Waals surface area contributed by atoms with Crippen molar-refractivity contribution in [1.29, 1.82) is 0 Å². The fourth-order valence-corrected chi connectivity index (χ4v) is 1.92. The highest BCUT2D eigenvalue weighted by molar-refractivity contribution is 5.56. The van der Waals surface area contributed by atoms with Crippen LogP contribution in [0.1, 0.15) is 30.9 Å². The summed E-state index contributed by atoms with van der Waals surface area (Å²) in [6.07, 6.45) is 0. The van der Waals surface area contributed by atoms with E-state index in [1.54, 1.807) is 0 Å². The third-order valence-corrected chi connectivity index (χ3v) is 2.80. The molecule has 4 nitrogen and oxygen atoms in total. The van der Waals surface area contributed by atoms with Gasteiger partial charge in [0.15, 0.2) is 0 Å². The zero-order valence-corrected chi connectivity index (χ0v) is 10.7. The summed E-state index contributed by atoms with van der Waals surface area (Å²) in [6, 6.07) is 7.61. The first-order chi connectivity index (χ1) is 8.49. The molecule has 18 heavy (non-hydrogen) atoms. The predicted molar refractivity (Wildman–Crippen MR) is 70.8 cm³/mol. The number of nitrogens with zero attached hydrogens (tertiary/aromatic N) is 1. The number of rotatable bonds is 2. The molecule has 1 heterocycles. The molecule has 0 fully saturated rings. The lowest BCUT2D eigenvalue weighted by Crippen LogP contribution is -2.16. The molecule has 0 aliphatic rings. The molecule has 0 aliphatic carbocycles. The van der Waals surface area contributed by atoms with Gasteiger partial charge in [-0.2, -0.15) is 4.98 Å². The van der Waals surface area contributed by atoms with Crippen LogP contribution in [0.3, 0.4) is 0 Å². The molecule has 2 N–H and O–H groups in total. The molecule has 2 aromatic rings. The number of aromatic hydroxyl groups is 1. The Labute approximate surface area is 105 Å². The van der Waals surface area contributed by atoms with Crippen molar-refractivity contribution in [2.45, 2.75) is 26.7 Å². The molecule has 0 saturated heterocycles. The largest absolute Gasteiger partial charge is 0.493 e. The van der Waals surface area contributed by atoms with Gasteiger partial charge in [0.05, 0.1) is 5.56 Å². The second-order valence-electron chi connectivity index (χ2n) is 4.68. The Bertz CT molecular complexity index is 630. The fraction of sp³-hybridized carbons (Fsp3) is 0.286. The fourth-order valence-electron chi connectivity index (χ4n) is 1.92. The van der Waals surface area contributed by atoms with E-state index in [0.717, 1.165) is 11.1 Å². The summed E-state index contributed by atoms with van der Waals surface area (Å²) in [5, 5.41) is 9.84. The second-order valence-corrected chi connectivity index (χ2v) is 4.68. The minimum absolute atomic E-state index is 0.0622. The van der Waals surface area contributed by atoms with Crippen LogP contribution in [0.4, 0.5) is 0 Å². The maximum atomic E-state index is 11.9. The summed E-state index contributed by atoms with van der Waals surface area (Å²) in [5.74, 6) is 0.142. The number of H-pyrrole nitrogens is 1. The third kappa shape index (κ3) is 2.27. The molecule has 0 aliphatic heterocycles. The molecular formula is C14H16N2O2. The van der Waals surface area contributed by atoms with E-state index in [0.29, 0.717) is 11.4 Å². The van der Waals surface area contributed by atoms with Crippen LogP contribution in [-0.4, -0.2) is 15.1 Å². The quantitative estimate of drug-likeness (QED) is 0.853. The van der Waals surface area contributed by atoms with Crippen LogP contribution in [-0.2, 0) is 0 Å². The maximum Gasteiger partial charge on any atom is 0.258 e. The maximum absolute atomic E-state index is 11.9. The van der Waals surface area contributed by atoms with Crippen molar-refractivity contribution in [2.24, 2.45) is 0 Å². The summed E-state index contributed by atoms with van der Waals surface area (Å²) in [4.78, 5) is 18.7. The van der Waals surface area contributed by atoms with Crippen molar-refractivity contribution >= 4 is 0 Å². The lowest BCUT2D eigenvalue weighted by Gasteiger charge is -2.08. The Balaban J connectivity index is 2.59. The molecule has 0 spiro atoms. The van der Waals surface area contributed by atoms with E-state index in [2.05, 4.69) is 9.97 Å². The topological polar surface area (TPSA) is 66.0 Å². The van der Waals surface area contributed by atoms with Gasteiger partial charge in [0, 0.05) is 5.56 Å². The minimum Gasteiger partial charge on any atom is -0.493 e. The van der Waals surface area contributed by atoms with Crippen LogP contribution in [0.15, 0.2) is 29.1 Å². The molecule has 0 atom stereocenters. The molecule has 0 amide bonds. The first kappa shape index (κ1) is 12.4. The first-order valence-electron chi connectivity index (χ1n) is 5.89. The van der Waals surface area contributed by atoms with Crippen molar-refractivity contribution in [2.75, 3.05) is 0 Å². The van der Waals surface area contributed by atoms with Gasteiger partial charge in [-0.05, 0) is 18.9 Å². The molecule has 4 heteroatoms. The van der Waals surface area contributed by atoms with Gasteiger partial charge in [0.25, 0.3) is 5.56 Å². The predicted octanol–water partition coefficient (Wildman–Crippen LogP) is 2.57. The molecule has 2 rings (SSSR count). The van der Waals surface area contributed by atoms with Crippen LogP contribution >= 0.6 is 0 Å². The lowest BCUT2D eigenvalue weighted by atomic mass is 10.1. The summed E-state index contributed by atoms with van der Waals surface area (Å²) in [5.41, 5.74) is 1.90. The van der Waals surface area contributed by atoms with Gasteiger partial charge in [0.1, 0.15) is 5.82 Å². The zero-order chi connectivity index (χ0) is 13.3. The highest BCUT2D eigenvalue weighted by Crippen LogP contribution is 2.22. The molecule has 0 saturated carbocycles. The lowest BCUT2D eigenvalue weighted by molar-refractivity contribution is 0.440. The number of nitrogens with one attached hydrogen (secondary N) is 1.